The first-order valence-electron chi connectivity index (χ1n) is 9.20. The van der Waals surface area contributed by atoms with Crippen LogP contribution in [0.4, 0.5) is 0 Å². The number of likely N-dealkylation sites (tertiary alicyclic amines) is 1. The molecule has 0 saturated carbocycles. The third-order valence-electron chi connectivity index (χ3n) is 4.89. The number of nitrogens with two attached hydrogens (primary N) is 1. The summed E-state index contributed by atoms with van der Waals surface area (Å²) in [5.41, 5.74) is 11.3. The van der Waals surface area contributed by atoms with Crippen LogP contribution < -0.4 is 5.73 Å². The average Bonchev–Trinajstić information content (AvgIpc) is 2.66. The molecule has 1 fully saturated rings. The van der Waals surface area contributed by atoms with E-state index in [1.54, 1.807) is 5.57 Å². The van der Waals surface area contributed by atoms with Crippen LogP contribution in [0, 0.1) is 0 Å². The van der Waals surface area contributed by atoms with Gasteiger partial charge in [-0.05, 0) is 55.5 Å². The molecule has 2 nitrogen and oxygen atoms in total. The molecule has 2 aromatic carbocycles. The second kappa shape index (κ2) is 9.51. The first-order chi connectivity index (χ1) is 12.3. The second-order valence-electron chi connectivity index (χ2n) is 6.63. The summed E-state index contributed by atoms with van der Waals surface area (Å²) in [6, 6.07) is 21.7. The van der Waals surface area contributed by atoms with Gasteiger partial charge in [-0.1, -0.05) is 88.8 Å². The number of nitrogens with zero attached hydrogens (tertiary/aromatic N) is 1. The Morgan fingerprint density at radius 1 is 0.960 bits per heavy atom. The fourth-order valence-electron chi connectivity index (χ4n) is 3.58. The van der Waals surface area contributed by atoms with Crippen LogP contribution in [0.3, 0.4) is 0 Å². The zero-order chi connectivity index (χ0) is 17.5. The SMILES string of the molecule is NCCCCN1CCC(=C(c2ccccc2)c2ccccc2)CC1I. The summed E-state index contributed by atoms with van der Waals surface area (Å²) < 4.78 is 0.571. The molecule has 1 unspecified atom stereocenters. The number of hydrogen-bond donors (Lipinski definition) is 1. The normalized spacial score (nSPS) is 18.3. The highest BCUT2D eigenvalue weighted by Crippen LogP contribution is 2.35. The fourth-order valence-corrected chi connectivity index (χ4v) is 4.66. The van der Waals surface area contributed by atoms with Gasteiger partial charge in [0.1, 0.15) is 0 Å². The zero-order valence-corrected chi connectivity index (χ0v) is 16.9. The predicted octanol–water partition coefficient (Wildman–Crippen LogP) is 5.08. The molecule has 0 amide bonds. The smallest absolute Gasteiger partial charge is 0.0656 e. The van der Waals surface area contributed by atoms with E-state index >= 15 is 0 Å². The van der Waals surface area contributed by atoms with Crippen LogP contribution in [0.1, 0.15) is 36.8 Å². The molecule has 1 atom stereocenters. The molecule has 2 N–H and O–H groups in total. The molecule has 0 spiro atoms. The molecule has 1 saturated heterocycles. The molecule has 1 heterocycles. The summed E-state index contributed by atoms with van der Waals surface area (Å²) in [5, 5.41) is 0. The summed E-state index contributed by atoms with van der Waals surface area (Å²) >= 11 is 2.62. The molecule has 0 radical (unpaired) electrons. The van der Waals surface area contributed by atoms with Gasteiger partial charge in [0, 0.05) is 6.54 Å². The lowest BCUT2D eigenvalue weighted by molar-refractivity contribution is 0.240. The molecule has 0 aliphatic carbocycles. The van der Waals surface area contributed by atoms with Crippen molar-refractivity contribution in [3.63, 3.8) is 0 Å². The maximum atomic E-state index is 5.64. The number of hydrogen-bond acceptors (Lipinski definition) is 2. The number of piperidine rings is 1. The van der Waals surface area contributed by atoms with E-state index in [1.807, 2.05) is 0 Å². The Labute approximate surface area is 165 Å². The molecule has 0 aromatic heterocycles. The number of halogens is 1. The van der Waals surface area contributed by atoms with Crippen molar-refractivity contribution < 1.29 is 0 Å². The van der Waals surface area contributed by atoms with Crippen molar-refractivity contribution in [1.29, 1.82) is 0 Å². The quantitative estimate of drug-likeness (QED) is 0.290. The second-order valence-corrected chi connectivity index (χ2v) is 8.07. The van der Waals surface area contributed by atoms with Gasteiger partial charge in [-0.2, -0.15) is 0 Å². The van der Waals surface area contributed by atoms with Gasteiger partial charge >= 0.3 is 0 Å². The lowest BCUT2D eigenvalue weighted by atomic mass is 9.88. The minimum absolute atomic E-state index is 0.571. The molecular formula is C22H27IN2. The summed E-state index contributed by atoms with van der Waals surface area (Å²) in [4.78, 5) is 2.62. The fraction of sp³-hybridized carbons (Fsp3) is 0.364. The molecule has 2 aromatic rings. The van der Waals surface area contributed by atoms with Gasteiger partial charge in [0.2, 0.25) is 0 Å². The highest BCUT2D eigenvalue weighted by Gasteiger charge is 2.25. The molecule has 1 aliphatic heterocycles. The van der Waals surface area contributed by atoms with E-state index in [9.17, 15) is 0 Å². The lowest BCUT2D eigenvalue weighted by Crippen LogP contribution is -2.37. The molecule has 3 rings (SSSR count). The van der Waals surface area contributed by atoms with E-state index in [0.717, 1.165) is 32.4 Å². The van der Waals surface area contributed by atoms with Crippen LogP contribution in [0.5, 0.6) is 0 Å². The van der Waals surface area contributed by atoms with Crippen LogP contribution in [0.25, 0.3) is 5.57 Å². The molecule has 0 bridgehead atoms. The van der Waals surface area contributed by atoms with E-state index in [4.69, 9.17) is 5.73 Å². The Hall–Kier alpha value is -1.17. The Morgan fingerprint density at radius 2 is 1.56 bits per heavy atom. The topological polar surface area (TPSA) is 29.3 Å². The highest BCUT2D eigenvalue weighted by atomic mass is 127. The maximum Gasteiger partial charge on any atom is 0.0656 e. The minimum atomic E-state index is 0.571. The highest BCUT2D eigenvalue weighted by molar-refractivity contribution is 14.1. The number of rotatable bonds is 6. The third kappa shape index (κ3) is 4.93. The van der Waals surface area contributed by atoms with Crippen molar-refractivity contribution in [1.82, 2.24) is 4.90 Å². The molecule has 25 heavy (non-hydrogen) atoms. The number of unbranched alkanes of at least 4 members (excludes halogenated alkanes) is 1. The zero-order valence-electron chi connectivity index (χ0n) is 14.7. The van der Waals surface area contributed by atoms with Gasteiger partial charge in [-0.15, -0.1) is 0 Å². The van der Waals surface area contributed by atoms with Crippen molar-refractivity contribution in [3.8, 4) is 0 Å². The van der Waals surface area contributed by atoms with Gasteiger partial charge in [0.25, 0.3) is 0 Å². The van der Waals surface area contributed by atoms with Gasteiger partial charge in [0.15, 0.2) is 0 Å². The summed E-state index contributed by atoms with van der Waals surface area (Å²) in [5.74, 6) is 0. The average molecular weight is 446 g/mol. The summed E-state index contributed by atoms with van der Waals surface area (Å²) in [6.07, 6.45) is 4.63. The first-order valence-corrected chi connectivity index (χ1v) is 10.4. The van der Waals surface area contributed by atoms with Gasteiger partial charge in [0.05, 0.1) is 4.05 Å². The van der Waals surface area contributed by atoms with E-state index in [2.05, 4.69) is 88.2 Å². The largest absolute Gasteiger partial charge is 0.330 e. The number of alkyl halides is 1. The van der Waals surface area contributed by atoms with Gasteiger partial charge in [-0.25, -0.2) is 0 Å². The minimum Gasteiger partial charge on any atom is -0.330 e. The first kappa shape index (κ1) is 18.6. The van der Waals surface area contributed by atoms with E-state index in [0.29, 0.717) is 4.05 Å². The van der Waals surface area contributed by atoms with Crippen LogP contribution in [-0.2, 0) is 0 Å². The lowest BCUT2D eigenvalue weighted by Gasteiger charge is -2.35. The van der Waals surface area contributed by atoms with Crippen molar-refractivity contribution in [2.45, 2.75) is 29.7 Å². The van der Waals surface area contributed by atoms with E-state index in [1.165, 1.54) is 29.7 Å². The number of benzene rings is 2. The molecule has 132 valence electrons. The Morgan fingerprint density at radius 3 is 2.08 bits per heavy atom. The molecular weight excluding hydrogens is 419 g/mol. The standard InChI is InChI=1S/C22H27IN2/c23-21-17-20(13-16-25(21)15-8-7-14-24)22(18-9-3-1-4-10-18)19-11-5-2-6-12-19/h1-6,9-12,21H,7-8,13-17,24H2. The Bertz CT molecular complexity index is 640. The molecule has 1 aliphatic rings. The van der Waals surface area contributed by atoms with Gasteiger partial charge < -0.3 is 5.73 Å². The third-order valence-corrected chi connectivity index (χ3v) is 6.12. The summed E-state index contributed by atoms with van der Waals surface area (Å²) in [7, 11) is 0. The summed E-state index contributed by atoms with van der Waals surface area (Å²) in [6.45, 7) is 3.12. The van der Waals surface area contributed by atoms with Gasteiger partial charge in [-0.3, -0.25) is 4.90 Å². The van der Waals surface area contributed by atoms with E-state index in [-0.39, 0.29) is 0 Å². The van der Waals surface area contributed by atoms with Crippen LogP contribution in [0.15, 0.2) is 66.2 Å². The van der Waals surface area contributed by atoms with Crippen LogP contribution in [-0.4, -0.2) is 28.6 Å². The van der Waals surface area contributed by atoms with Crippen LogP contribution >= 0.6 is 22.6 Å². The monoisotopic (exact) mass is 446 g/mol. The van der Waals surface area contributed by atoms with Crippen LogP contribution in [0.2, 0.25) is 0 Å². The van der Waals surface area contributed by atoms with E-state index < -0.39 is 0 Å². The van der Waals surface area contributed by atoms with Crippen molar-refractivity contribution in [2.24, 2.45) is 5.73 Å². The predicted molar refractivity (Wildman–Crippen MR) is 116 cm³/mol. The van der Waals surface area contributed by atoms with Crippen molar-refractivity contribution >= 4 is 28.2 Å². The van der Waals surface area contributed by atoms with Crippen molar-refractivity contribution in [2.75, 3.05) is 19.6 Å². The van der Waals surface area contributed by atoms with Crippen molar-refractivity contribution in [3.05, 3.63) is 77.4 Å². The Kier molecular flexibility index (Phi) is 7.08. The molecule has 3 heteroatoms. The maximum absolute atomic E-state index is 5.64. The Balaban J connectivity index is 1.86.